The van der Waals surface area contributed by atoms with Crippen LogP contribution >= 0.6 is 46.6 Å². The third-order valence-corrected chi connectivity index (χ3v) is 7.73. The van der Waals surface area contributed by atoms with Crippen LogP contribution in [0, 0.1) is 0 Å². The van der Waals surface area contributed by atoms with Gasteiger partial charge in [-0.3, -0.25) is 9.59 Å². The SMILES string of the molecule is C[C@@H](C(=O)NC1CCCCC1)N(Cc1ccc(Cl)cc1Cl)C(=O)CCSc1ccc(Cl)cc1. The highest BCUT2D eigenvalue weighted by Gasteiger charge is 2.28. The van der Waals surface area contributed by atoms with Crippen molar-refractivity contribution in [3.63, 3.8) is 0 Å². The maximum atomic E-state index is 13.3. The Morgan fingerprint density at radius 3 is 2.36 bits per heavy atom. The van der Waals surface area contributed by atoms with E-state index >= 15 is 0 Å². The van der Waals surface area contributed by atoms with Gasteiger partial charge in [0.1, 0.15) is 6.04 Å². The van der Waals surface area contributed by atoms with E-state index in [1.54, 1.807) is 41.8 Å². The normalized spacial score (nSPS) is 15.2. The molecule has 8 heteroatoms. The van der Waals surface area contributed by atoms with Crippen LogP contribution in [-0.4, -0.2) is 34.6 Å². The molecule has 1 N–H and O–H groups in total. The second kappa shape index (κ2) is 12.9. The van der Waals surface area contributed by atoms with Gasteiger partial charge >= 0.3 is 0 Å². The van der Waals surface area contributed by atoms with Gasteiger partial charge in [0.15, 0.2) is 0 Å². The Morgan fingerprint density at radius 1 is 1.03 bits per heavy atom. The molecule has 1 saturated carbocycles. The molecule has 0 aliphatic heterocycles. The minimum atomic E-state index is -0.605. The molecule has 0 spiro atoms. The Kier molecular flexibility index (Phi) is 10.2. The van der Waals surface area contributed by atoms with E-state index in [9.17, 15) is 9.59 Å². The quantitative estimate of drug-likeness (QED) is 0.357. The summed E-state index contributed by atoms with van der Waals surface area (Å²) in [7, 11) is 0. The number of carbonyl (C=O) groups is 2. The van der Waals surface area contributed by atoms with Crippen LogP contribution in [-0.2, 0) is 16.1 Å². The van der Waals surface area contributed by atoms with Crippen molar-refractivity contribution in [1.82, 2.24) is 10.2 Å². The Labute approximate surface area is 215 Å². The van der Waals surface area contributed by atoms with E-state index in [1.807, 2.05) is 24.3 Å². The van der Waals surface area contributed by atoms with E-state index in [4.69, 9.17) is 34.8 Å². The van der Waals surface area contributed by atoms with Gasteiger partial charge in [-0.15, -0.1) is 11.8 Å². The summed E-state index contributed by atoms with van der Waals surface area (Å²) >= 11 is 19.9. The summed E-state index contributed by atoms with van der Waals surface area (Å²) in [5, 5.41) is 4.84. The van der Waals surface area contributed by atoms with Gasteiger partial charge in [-0.1, -0.05) is 60.1 Å². The summed E-state index contributed by atoms with van der Waals surface area (Å²) in [6.45, 7) is 2.03. The van der Waals surface area contributed by atoms with Gasteiger partial charge in [0.25, 0.3) is 0 Å². The molecular formula is C25H29Cl3N2O2S. The van der Waals surface area contributed by atoms with E-state index < -0.39 is 6.04 Å². The van der Waals surface area contributed by atoms with Gasteiger partial charge < -0.3 is 10.2 Å². The van der Waals surface area contributed by atoms with Crippen LogP contribution in [0.1, 0.15) is 51.0 Å². The van der Waals surface area contributed by atoms with Crippen molar-refractivity contribution >= 4 is 58.4 Å². The second-order valence-electron chi connectivity index (χ2n) is 8.33. The number of benzene rings is 2. The highest BCUT2D eigenvalue weighted by molar-refractivity contribution is 7.99. The van der Waals surface area contributed by atoms with Crippen molar-refractivity contribution in [3.8, 4) is 0 Å². The maximum absolute atomic E-state index is 13.3. The third-order valence-electron chi connectivity index (χ3n) is 5.87. The fourth-order valence-corrected chi connectivity index (χ4v) is 5.35. The predicted molar refractivity (Wildman–Crippen MR) is 138 cm³/mol. The molecule has 0 unspecified atom stereocenters. The lowest BCUT2D eigenvalue weighted by molar-refractivity contribution is -0.140. The Morgan fingerprint density at radius 2 is 1.70 bits per heavy atom. The predicted octanol–water partition coefficient (Wildman–Crippen LogP) is 7.00. The lowest BCUT2D eigenvalue weighted by atomic mass is 9.95. The number of halogens is 3. The van der Waals surface area contributed by atoms with Crippen molar-refractivity contribution in [1.29, 1.82) is 0 Å². The lowest BCUT2D eigenvalue weighted by Crippen LogP contribution is -2.50. The smallest absolute Gasteiger partial charge is 0.242 e. The van der Waals surface area contributed by atoms with Crippen LogP contribution in [0.25, 0.3) is 0 Å². The topological polar surface area (TPSA) is 49.4 Å². The van der Waals surface area contributed by atoms with Gasteiger partial charge in [-0.2, -0.15) is 0 Å². The van der Waals surface area contributed by atoms with Gasteiger partial charge in [0.05, 0.1) is 0 Å². The van der Waals surface area contributed by atoms with Crippen LogP contribution in [0.4, 0.5) is 0 Å². The average molecular weight is 528 g/mol. The van der Waals surface area contributed by atoms with E-state index in [2.05, 4.69) is 5.32 Å². The average Bonchev–Trinajstić information content (AvgIpc) is 2.80. The molecule has 1 aliphatic carbocycles. The molecule has 0 heterocycles. The fourth-order valence-electron chi connectivity index (χ4n) is 3.92. The van der Waals surface area contributed by atoms with Crippen molar-refractivity contribution in [2.45, 2.75) is 69.0 Å². The maximum Gasteiger partial charge on any atom is 0.242 e. The largest absolute Gasteiger partial charge is 0.352 e. The van der Waals surface area contributed by atoms with Crippen molar-refractivity contribution in [2.24, 2.45) is 0 Å². The molecule has 2 aromatic carbocycles. The zero-order chi connectivity index (χ0) is 23.8. The standard InChI is InChI=1S/C25H29Cl3N2O2S/c1-17(25(32)29-21-5-3-2-4-6-21)30(16-18-7-8-20(27)15-23(18)28)24(31)13-14-33-22-11-9-19(26)10-12-22/h7-12,15,17,21H,2-6,13-14,16H2,1H3,(H,29,32)/t17-/m0/s1. The molecule has 0 saturated heterocycles. The Bertz CT molecular complexity index is 949. The van der Waals surface area contributed by atoms with E-state index in [1.165, 1.54) is 6.42 Å². The summed E-state index contributed by atoms with van der Waals surface area (Å²) in [5.74, 6) is 0.391. The van der Waals surface area contributed by atoms with Crippen LogP contribution in [0.5, 0.6) is 0 Å². The van der Waals surface area contributed by atoms with Gasteiger partial charge in [0.2, 0.25) is 11.8 Å². The molecule has 2 aromatic rings. The second-order valence-corrected chi connectivity index (χ2v) is 10.8. The van der Waals surface area contributed by atoms with Crippen LogP contribution in [0.2, 0.25) is 15.1 Å². The molecule has 4 nitrogen and oxygen atoms in total. The van der Waals surface area contributed by atoms with Gasteiger partial charge in [-0.05, 0) is 61.7 Å². The Hall–Kier alpha value is -1.40. The minimum Gasteiger partial charge on any atom is -0.352 e. The number of nitrogens with zero attached hydrogens (tertiary/aromatic N) is 1. The molecule has 0 radical (unpaired) electrons. The summed E-state index contributed by atoms with van der Waals surface area (Å²) in [5.41, 5.74) is 0.761. The lowest BCUT2D eigenvalue weighted by Gasteiger charge is -2.31. The third kappa shape index (κ3) is 8.10. The zero-order valence-electron chi connectivity index (χ0n) is 18.7. The molecule has 2 amide bonds. The first-order chi connectivity index (χ1) is 15.8. The summed E-state index contributed by atoms with van der Waals surface area (Å²) < 4.78 is 0. The minimum absolute atomic E-state index is 0.0891. The van der Waals surface area contributed by atoms with Crippen LogP contribution in [0.3, 0.4) is 0 Å². The van der Waals surface area contributed by atoms with Crippen molar-refractivity contribution in [3.05, 3.63) is 63.1 Å². The van der Waals surface area contributed by atoms with Crippen LogP contribution < -0.4 is 5.32 Å². The molecule has 33 heavy (non-hydrogen) atoms. The molecule has 0 aromatic heterocycles. The highest BCUT2D eigenvalue weighted by atomic mass is 35.5. The zero-order valence-corrected chi connectivity index (χ0v) is 21.7. The van der Waals surface area contributed by atoms with Gasteiger partial charge in [0, 0.05) is 44.7 Å². The van der Waals surface area contributed by atoms with Crippen molar-refractivity contribution in [2.75, 3.05) is 5.75 Å². The monoisotopic (exact) mass is 526 g/mol. The first-order valence-corrected chi connectivity index (χ1v) is 13.4. The summed E-state index contributed by atoms with van der Waals surface area (Å²) in [4.78, 5) is 29.0. The first kappa shape index (κ1) is 26.2. The van der Waals surface area contributed by atoms with E-state index in [-0.39, 0.29) is 24.4 Å². The molecule has 0 bridgehead atoms. The molecule has 1 aliphatic rings. The Balaban J connectivity index is 1.68. The fraction of sp³-hybridized carbons (Fsp3) is 0.440. The molecule has 1 atom stereocenters. The summed E-state index contributed by atoms with van der Waals surface area (Å²) in [6.07, 6.45) is 5.77. The molecule has 3 rings (SSSR count). The number of amides is 2. The number of nitrogens with one attached hydrogen (secondary N) is 1. The van der Waals surface area contributed by atoms with Gasteiger partial charge in [-0.25, -0.2) is 0 Å². The highest BCUT2D eigenvalue weighted by Crippen LogP contribution is 2.25. The number of rotatable bonds is 9. The number of thioether (sulfide) groups is 1. The number of hydrogen-bond acceptors (Lipinski definition) is 3. The molecule has 178 valence electrons. The van der Waals surface area contributed by atoms with E-state index in [0.29, 0.717) is 27.2 Å². The van der Waals surface area contributed by atoms with E-state index in [0.717, 1.165) is 36.1 Å². The number of carbonyl (C=O) groups excluding carboxylic acids is 2. The number of hydrogen-bond donors (Lipinski definition) is 1. The van der Waals surface area contributed by atoms with Crippen molar-refractivity contribution < 1.29 is 9.59 Å². The summed E-state index contributed by atoms with van der Waals surface area (Å²) in [6, 6.07) is 12.3. The molecular weight excluding hydrogens is 499 g/mol. The van der Waals surface area contributed by atoms with Crippen LogP contribution in [0.15, 0.2) is 47.4 Å². The molecule has 1 fully saturated rings. The first-order valence-electron chi connectivity index (χ1n) is 11.3.